The van der Waals surface area contributed by atoms with E-state index < -0.39 is 0 Å². The Bertz CT molecular complexity index is 438. The molecule has 15 heavy (non-hydrogen) atoms. The molecule has 0 spiro atoms. The van der Waals surface area contributed by atoms with Gasteiger partial charge in [0.25, 0.3) is 5.91 Å². The molecule has 1 aromatic carbocycles. The van der Waals surface area contributed by atoms with Crippen molar-refractivity contribution in [2.75, 3.05) is 5.32 Å². The molecular formula is C11H12N2O2. The molecule has 0 saturated carbocycles. The van der Waals surface area contributed by atoms with Crippen LogP contribution in [-0.2, 0) is 11.2 Å². The number of carbonyl (C=O) groups excluding carboxylic acids is 1. The molecule has 0 aliphatic carbocycles. The van der Waals surface area contributed by atoms with Gasteiger partial charge in [-0.25, -0.2) is 0 Å². The Balaban J connectivity index is 2.56. The van der Waals surface area contributed by atoms with E-state index in [0.29, 0.717) is 0 Å². The van der Waals surface area contributed by atoms with Crippen LogP contribution in [0, 0.1) is 0 Å². The van der Waals surface area contributed by atoms with Gasteiger partial charge >= 0.3 is 0 Å². The van der Waals surface area contributed by atoms with Crippen LogP contribution >= 0.6 is 0 Å². The minimum atomic E-state index is -0.337. The summed E-state index contributed by atoms with van der Waals surface area (Å²) >= 11 is 0. The third-order valence-electron chi connectivity index (χ3n) is 2.47. The van der Waals surface area contributed by atoms with Gasteiger partial charge in [0.15, 0.2) is 5.71 Å². The summed E-state index contributed by atoms with van der Waals surface area (Å²) in [6, 6.07) is 5.66. The average molecular weight is 204 g/mol. The molecule has 2 rings (SSSR count). The number of nitrogens with zero attached hydrogens (tertiary/aromatic N) is 1. The van der Waals surface area contributed by atoms with Gasteiger partial charge in [-0.05, 0) is 18.1 Å². The summed E-state index contributed by atoms with van der Waals surface area (Å²) in [7, 11) is 0. The second-order valence-electron chi connectivity index (χ2n) is 3.49. The number of carbonyl (C=O) groups is 1. The monoisotopic (exact) mass is 204 g/mol. The Morgan fingerprint density at radius 3 is 2.93 bits per heavy atom. The van der Waals surface area contributed by atoms with E-state index in [1.165, 1.54) is 0 Å². The lowest BCUT2D eigenvalue weighted by Gasteiger charge is -2.04. The zero-order valence-corrected chi connectivity index (χ0v) is 8.45. The molecular weight excluding hydrogens is 192 g/mol. The van der Waals surface area contributed by atoms with E-state index in [9.17, 15) is 4.79 Å². The van der Waals surface area contributed by atoms with E-state index in [-0.39, 0.29) is 11.6 Å². The van der Waals surface area contributed by atoms with Crippen LogP contribution in [0.25, 0.3) is 0 Å². The quantitative estimate of drug-likeness (QED) is 0.569. The summed E-state index contributed by atoms with van der Waals surface area (Å²) < 4.78 is 0. The number of aryl methyl sites for hydroxylation is 1. The molecule has 0 unspecified atom stereocenters. The third kappa shape index (κ3) is 1.48. The summed E-state index contributed by atoms with van der Waals surface area (Å²) in [6.45, 7) is 2.07. The maximum atomic E-state index is 11.4. The number of rotatable bonds is 2. The molecule has 1 aliphatic rings. The first kappa shape index (κ1) is 9.71. The Morgan fingerprint density at radius 2 is 2.27 bits per heavy atom. The molecule has 0 saturated heterocycles. The highest BCUT2D eigenvalue weighted by Gasteiger charge is 2.28. The molecule has 1 aromatic rings. The van der Waals surface area contributed by atoms with Gasteiger partial charge in [-0.3, -0.25) is 4.79 Å². The maximum Gasteiger partial charge on any atom is 0.278 e. The number of hydrogen-bond acceptors (Lipinski definition) is 3. The zero-order chi connectivity index (χ0) is 10.8. The molecule has 1 heterocycles. The van der Waals surface area contributed by atoms with Crippen molar-refractivity contribution >= 4 is 17.3 Å². The second-order valence-corrected chi connectivity index (χ2v) is 3.49. The van der Waals surface area contributed by atoms with Gasteiger partial charge in [0.2, 0.25) is 0 Å². The Morgan fingerprint density at radius 1 is 1.47 bits per heavy atom. The highest BCUT2D eigenvalue weighted by molar-refractivity contribution is 6.54. The van der Waals surface area contributed by atoms with Crippen LogP contribution in [0.4, 0.5) is 5.69 Å². The van der Waals surface area contributed by atoms with Crippen molar-refractivity contribution in [2.24, 2.45) is 5.16 Å². The smallest absolute Gasteiger partial charge is 0.278 e. The normalized spacial score (nSPS) is 16.6. The molecule has 0 radical (unpaired) electrons. The Kier molecular flexibility index (Phi) is 2.41. The van der Waals surface area contributed by atoms with Crippen LogP contribution in [0.5, 0.6) is 0 Å². The van der Waals surface area contributed by atoms with Crippen LogP contribution in [0.15, 0.2) is 23.4 Å². The average Bonchev–Trinajstić information content (AvgIpc) is 2.55. The number of fused-ring (bicyclic) bond motifs is 1. The van der Waals surface area contributed by atoms with Gasteiger partial charge in [-0.1, -0.05) is 30.6 Å². The van der Waals surface area contributed by atoms with E-state index in [1.807, 2.05) is 18.2 Å². The lowest BCUT2D eigenvalue weighted by atomic mass is 10.00. The molecule has 0 bridgehead atoms. The van der Waals surface area contributed by atoms with E-state index in [1.54, 1.807) is 0 Å². The molecule has 0 fully saturated rings. The first-order valence-corrected chi connectivity index (χ1v) is 4.93. The zero-order valence-electron chi connectivity index (χ0n) is 8.45. The lowest BCUT2D eigenvalue weighted by Crippen LogP contribution is -2.14. The van der Waals surface area contributed by atoms with E-state index >= 15 is 0 Å². The van der Waals surface area contributed by atoms with Crippen LogP contribution < -0.4 is 5.32 Å². The predicted molar refractivity (Wildman–Crippen MR) is 57.4 cm³/mol. The number of oxime groups is 1. The first-order valence-electron chi connectivity index (χ1n) is 4.93. The maximum absolute atomic E-state index is 11.4. The molecule has 1 amide bonds. The number of benzene rings is 1. The minimum absolute atomic E-state index is 0.119. The van der Waals surface area contributed by atoms with Crippen molar-refractivity contribution in [1.82, 2.24) is 0 Å². The first-order chi connectivity index (χ1) is 7.27. The van der Waals surface area contributed by atoms with Gasteiger partial charge in [0.1, 0.15) is 0 Å². The standard InChI is InChI=1S/C11H12N2O2/c1-2-4-7-5-3-6-8-9(7)10(13-15)11(14)12-8/h3,5-6,15H,2,4H2,1H3,(H,12,13,14). The largest absolute Gasteiger partial charge is 0.410 e. The van der Waals surface area contributed by atoms with E-state index in [0.717, 1.165) is 29.7 Å². The fourth-order valence-electron chi connectivity index (χ4n) is 1.85. The van der Waals surface area contributed by atoms with Gasteiger partial charge < -0.3 is 10.5 Å². The fraction of sp³-hybridized carbons (Fsp3) is 0.273. The number of anilines is 1. The van der Waals surface area contributed by atoms with Crippen molar-refractivity contribution in [2.45, 2.75) is 19.8 Å². The van der Waals surface area contributed by atoms with Gasteiger partial charge in [-0.2, -0.15) is 0 Å². The second kappa shape index (κ2) is 3.73. The van der Waals surface area contributed by atoms with Gasteiger partial charge in [0.05, 0.1) is 5.69 Å². The molecule has 4 heteroatoms. The summed E-state index contributed by atoms with van der Waals surface area (Å²) in [6.07, 6.45) is 1.86. The van der Waals surface area contributed by atoms with Crippen molar-refractivity contribution in [3.05, 3.63) is 29.3 Å². The van der Waals surface area contributed by atoms with Crippen molar-refractivity contribution in [3.63, 3.8) is 0 Å². The molecule has 0 aromatic heterocycles. The van der Waals surface area contributed by atoms with Crippen LogP contribution in [0.3, 0.4) is 0 Å². The highest BCUT2D eigenvalue weighted by Crippen LogP contribution is 2.27. The molecule has 78 valence electrons. The SMILES string of the molecule is CCCc1cccc2c1C(=NO)C(=O)N2. The number of hydrogen-bond donors (Lipinski definition) is 2. The van der Waals surface area contributed by atoms with Gasteiger partial charge in [-0.15, -0.1) is 0 Å². The highest BCUT2D eigenvalue weighted by atomic mass is 16.4. The lowest BCUT2D eigenvalue weighted by molar-refractivity contribution is -0.110. The summed E-state index contributed by atoms with van der Waals surface area (Å²) in [4.78, 5) is 11.4. The van der Waals surface area contributed by atoms with Crippen molar-refractivity contribution < 1.29 is 10.0 Å². The summed E-state index contributed by atoms with van der Waals surface area (Å²) in [5.74, 6) is -0.337. The van der Waals surface area contributed by atoms with Crippen molar-refractivity contribution in [1.29, 1.82) is 0 Å². The van der Waals surface area contributed by atoms with Crippen molar-refractivity contribution in [3.8, 4) is 0 Å². The Labute approximate surface area is 87.6 Å². The number of amides is 1. The van der Waals surface area contributed by atoms with Crippen LogP contribution in [-0.4, -0.2) is 16.8 Å². The van der Waals surface area contributed by atoms with Crippen LogP contribution in [0.1, 0.15) is 24.5 Å². The predicted octanol–water partition coefficient (Wildman–Crippen LogP) is 1.77. The Hall–Kier alpha value is -1.84. The fourth-order valence-corrected chi connectivity index (χ4v) is 1.85. The third-order valence-corrected chi connectivity index (χ3v) is 2.47. The molecule has 2 N–H and O–H groups in total. The van der Waals surface area contributed by atoms with E-state index in [4.69, 9.17) is 5.21 Å². The topological polar surface area (TPSA) is 61.7 Å². The minimum Gasteiger partial charge on any atom is -0.410 e. The van der Waals surface area contributed by atoms with E-state index in [2.05, 4.69) is 17.4 Å². The molecule has 4 nitrogen and oxygen atoms in total. The van der Waals surface area contributed by atoms with Crippen LogP contribution in [0.2, 0.25) is 0 Å². The molecule has 1 aliphatic heterocycles. The molecule has 0 atom stereocenters. The summed E-state index contributed by atoms with van der Waals surface area (Å²) in [5, 5.41) is 14.5. The summed E-state index contributed by atoms with van der Waals surface area (Å²) in [5.41, 5.74) is 2.64. The number of nitrogens with one attached hydrogen (secondary N) is 1. The van der Waals surface area contributed by atoms with Gasteiger partial charge in [0, 0.05) is 5.56 Å².